The molecule has 0 aliphatic carbocycles. The highest BCUT2D eigenvalue weighted by atomic mass is 19.1. The highest BCUT2D eigenvalue weighted by molar-refractivity contribution is 5.98. The quantitative estimate of drug-likeness (QED) is 0.211. The number of guanidine groups is 1. The number of nitrogens with zero attached hydrogens (tertiary/aromatic N) is 5. The van der Waals surface area contributed by atoms with Crippen LogP contribution in [0.25, 0.3) is 22.4 Å². The van der Waals surface area contributed by atoms with Gasteiger partial charge in [-0.2, -0.15) is 0 Å². The third-order valence-corrected chi connectivity index (χ3v) is 6.91. The van der Waals surface area contributed by atoms with E-state index in [1.807, 2.05) is 36.1 Å². The van der Waals surface area contributed by atoms with Crippen LogP contribution >= 0.6 is 0 Å². The maximum Gasteiger partial charge on any atom is 0.254 e. The molecule has 0 saturated carbocycles. The summed E-state index contributed by atoms with van der Waals surface area (Å²) in [4.78, 5) is 37.5. The Balaban J connectivity index is 0.000000541. The molecule has 3 aromatic carbocycles. The molecule has 11 nitrogen and oxygen atoms in total. The van der Waals surface area contributed by atoms with Gasteiger partial charge in [0.15, 0.2) is 5.96 Å². The van der Waals surface area contributed by atoms with Crippen LogP contribution in [-0.4, -0.2) is 72.1 Å². The second kappa shape index (κ2) is 14.2. The van der Waals surface area contributed by atoms with Crippen molar-refractivity contribution >= 4 is 34.5 Å². The lowest BCUT2D eigenvalue weighted by atomic mass is 10.1. The van der Waals surface area contributed by atoms with Crippen LogP contribution in [0.5, 0.6) is 5.75 Å². The summed E-state index contributed by atoms with van der Waals surface area (Å²) in [5, 5.41) is 0. The standard InChI is InChI=1S/C27H26FN5O3.C4H11N3/c1-36-22-4-2-3-18(15-22)26-30-23-16-19(5-10-24(23)33(26)17-25(29)34)27(35)32-13-11-31(12-14-32)21-8-6-20(28)7-9-21;1-2-3-7-4(5)6/h2-10,15-16H,11-14,17H2,1H3,(H2,29,34);2-3H2,1H3,(H4,5,6,7). The van der Waals surface area contributed by atoms with Gasteiger partial charge >= 0.3 is 0 Å². The van der Waals surface area contributed by atoms with Crippen molar-refractivity contribution in [1.29, 1.82) is 0 Å². The fourth-order valence-corrected chi connectivity index (χ4v) is 4.80. The largest absolute Gasteiger partial charge is 0.497 e. The SMILES string of the molecule is CCCN=C(N)N.COc1cccc(-c2nc3cc(C(=O)N4CCN(c5ccc(F)cc5)CC4)ccc3n2CC(N)=O)c1. The molecule has 0 unspecified atom stereocenters. The Morgan fingerprint density at radius 3 is 2.30 bits per heavy atom. The first-order valence-electron chi connectivity index (χ1n) is 14.0. The van der Waals surface area contributed by atoms with E-state index < -0.39 is 5.91 Å². The van der Waals surface area contributed by atoms with E-state index in [1.165, 1.54) is 12.1 Å². The predicted octanol–water partition coefficient (Wildman–Crippen LogP) is 2.97. The van der Waals surface area contributed by atoms with E-state index in [9.17, 15) is 14.0 Å². The van der Waals surface area contributed by atoms with Crippen LogP contribution in [0.15, 0.2) is 71.7 Å². The topological polar surface area (TPSA) is 158 Å². The number of aliphatic imine (C=N–C) groups is 1. The maximum absolute atomic E-state index is 13.3. The minimum absolute atomic E-state index is 0.0400. The summed E-state index contributed by atoms with van der Waals surface area (Å²) in [5.74, 6) is 0.583. The molecule has 1 aromatic heterocycles. The van der Waals surface area contributed by atoms with E-state index in [2.05, 4.69) is 9.89 Å². The van der Waals surface area contributed by atoms with Crippen molar-refractivity contribution < 1.29 is 18.7 Å². The first-order valence-corrected chi connectivity index (χ1v) is 14.0. The van der Waals surface area contributed by atoms with Crippen LogP contribution < -0.4 is 26.8 Å². The Bertz CT molecular complexity index is 1590. The van der Waals surface area contributed by atoms with Crippen LogP contribution in [-0.2, 0) is 11.3 Å². The second-order valence-electron chi connectivity index (χ2n) is 9.99. The van der Waals surface area contributed by atoms with Crippen molar-refractivity contribution in [2.75, 3.05) is 44.7 Å². The Hall–Kier alpha value is -5.13. The van der Waals surface area contributed by atoms with Crippen LogP contribution in [0.2, 0.25) is 0 Å². The number of carbonyl (C=O) groups is 2. The Morgan fingerprint density at radius 2 is 1.70 bits per heavy atom. The predicted molar refractivity (Wildman–Crippen MR) is 166 cm³/mol. The van der Waals surface area contributed by atoms with E-state index in [0.29, 0.717) is 54.3 Å². The summed E-state index contributed by atoms with van der Waals surface area (Å²) in [6.45, 7) is 5.15. The number of amides is 2. The summed E-state index contributed by atoms with van der Waals surface area (Å²) >= 11 is 0. The zero-order valence-corrected chi connectivity index (χ0v) is 24.4. The molecule has 226 valence electrons. The molecule has 0 bridgehead atoms. The first kappa shape index (κ1) is 30.8. The van der Waals surface area contributed by atoms with Gasteiger partial charge < -0.3 is 36.3 Å². The van der Waals surface area contributed by atoms with Gasteiger partial charge in [-0.3, -0.25) is 14.6 Å². The number of methoxy groups -OCH3 is 1. The zero-order chi connectivity index (χ0) is 30.9. The lowest BCUT2D eigenvalue weighted by molar-refractivity contribution is -0.118. The van der Waals surface area contributed by atoms with Gasteiger partial charge in [0.25, 0.3) is 5.91 Å². The summed E-state index contributed by atoms with van der Waals surface area (Å²) in [6, 6.07) is 19.1. The number of hydrogen-bond donors (Lipinski definition) is 3. The minimum atomic E-state index is -0.488. The van der Waals surface area contributed by atoms with Gasteiger partial charge in [-0.05, 0) is 61.0 Å². The van der Waals surface area contributed by atoms with Gasteiger partial charge in [0.1, 0.15) is 23.9 Å². The van der Waals surface area contributed by atoms with E-state index in [4.69, 9.17) is 26.9 Å². The smallest absolute Gasteiger partial charge is 0.254 e. The third kappa shape index (κ3) is 7.79. The number of halogens is 1. The van der Waals surface area contributed by atoms with Gasteiger partial charge in [0.05, 0.1) is 18.1 Å². The molecule has 43 heavy (non-hydrogen) atoms. The second-order valence-corrected chi connectivity index (χ2v) is 9.99. The number of ether oxygens (including phenoxy) is 1. The fraction of sp³-hybridized carbons (Fsp3) is 0.290. The minimum Gasteiger partial charge on any atom is -0.497 e. The van der Waals surface area contributed by atoms with Crippen LogP contribution in [0.3, 0.4) is 0 Å². The number of hydrogen-bond acceptors (Lipinski definition) is 6. The first-order chi connectivity index (χ1) is 20.7. The number of aromatic nitrogens is 2. The molecule has 0 spiro atoms. The number of nitrogens with two attached hydrogens (primary N) is 3. The third-order valence-electron chi connectivity index (χ3n) is 6.91. The molecule has 2 heterocycles. The van der Waals surface area contributed by atoms with Crippen molar-refractivity contribution in [3.8, 4) is 17.1 Å². The lowest BCUT2D eigenvalue weighted by Crippen LogP contribution is -2.48. The average Bonchev–Trinajstić information content (AvgIpc) is 3.37. The molecule has 0 atom stereocenters. The molecule has 1 aliphatic heterocycles. The molecule has 12 heteroatoms. The number of fused-ring (bicyclic) bond motifs is 1. The van der Waals surface area contributed by atoms with Gasteiger partial charge in [-0.1, -0.05) is 19.1 Å². The molecule has 6 N–H and O–H groups in total. The molecular weight excluding hydrogens is 551 g/mol. The van der Waals surface area contributed by atoms with Crippen LogP contribution in [0.4, 0.5) is 10.1 Å². The van der Waals surface area contributed by atoms with Gasteiger partial charge in [0, 0.05) is 49.5 Å². The number of rotatable bonds is 8. The summed E-state index contributed by atoms with van der Waals surface area (Å²) in [7, 11) is 1.59. The van der Waals surface area contributed by atoms with E-state index in [0.717, 1.165) is 24.2 Å². The van der Waals surface area contributed by atoms with Gasteiger partial charge in [-0.25, -0.2) is 9.37 Å². The molecule has 1 aliphatic rings. The van der Waals surface area contributed by atoms with Crippen LogP contribution in [0.1, 0.15) is 23.7 Å². The zero-order valence-electron chi connectivity index (χ0n) is 24.4. The highest BCUT2D eigenvalue weighted by Crippen LogP contribution is 2.28. The normalized spacial score (nSPS) is 12.8. The Morgan fingerprint density at radius 1 is 0.977 bits per heavy atom. The van der Waals surface area contributed by atoms with Crippen molar-refractivity contribution in [3.63, 3.8) is 0 Å². The summed E-state index contributed by atoms with van der Waals surface area (Å²) in [5.41, 5.74) is 19.1. The van der Waals surface area contributed by atoms with Crippen molar-refractivity contribution in [2.24, 2.45) is 22.2 Å². The average molecular weight is 589 g/mol. The monoisotopic (exact) mass is 588 g/mol. The van der Waals surface area contributed by atoms with Crippen molar-refractivity contribution in [3.05, 3.63) is 78.1 Å². The molecule has 1 fully saturated rings. The fourth-order valence-electron chi connectivity index (χ4n) is 4.80. The number of carbonyl (C=O) groups excluding carboxylic acids is 2. The number of imidazole rings is 1. The number of primary amides is 1. The molecule has 2 amide bonds. The molecular formula is C31H37FN8O3. The summed E-state index contributed by atoms with van der Waals surface area (Å²) < 4.78 is 20.3. The van der Waals surface area contributed by atoms with E-state index >= 15 is 0 Å². The van der Waals surface area contributed by atoms with E-state index in [1.54, 1.807) is 42.0 Å². The highest BCUT2D eigenvalue weighted by Gasteiger charge is 2.24. The molecule has 5 rings (SSSR count). The maximum atomic E-state index is 13.3. The molecule has 0 radical (unpaired) electrons. The Kier molecular flexibility index (Phi) is 10.2. The number of piperazine rings is 1. The van der Waals surface area contributed by atoms with Crippen molar-refractivity contribution in [2.45, 2.75) is 19.9 Å². The molecule has 4 aromatic rings. The Labute approximate surface area is 249 Å². The number of anilines is 1. The van der Waals surface area contributed by atoms with Crippen LogP contribution in [0, 0.1) is 5.82 Å². The van der Waals surface area contributed by atoms with Gasteiger partial charge in [-0.15, -0.1) is 0 Å². The van der Waals surface area contributed by atoms with Crippen molar-refractivity contribution in [1.82, 2.24) is 14.5 Å². The number of benzene rings is 3. The van der Waals surface area contributed by atoms with E-state index in [-0.39, 0.29) is 24.2 Å². The summed E-state index contributed by atoms with van der Waals surface area (Å²) in [6.07, 6.45) is 0.998. The lowest BCUT2D eigenvalue weighted by Gasteiger charge is -2.36. The van der Waals surface area contributed by atoms with Gasteiger partial charge in [0.2, 0.25) is 5.91 Å². The molecule has 1 saturated heterocycles.